The van der Waals surface area contributed by atoms with Crippen molar-refractivity contribution in [1.29, 1.82) is 0 Å². The van der Waals surface area contributed by atoms with Gasteiger partial charge in [0.25, 0.3) is 0 Å². The average molecular weight is 539 g/mol. The van der Waals surface area contributed by atoms with Crippen LogP contribution in [0.2, 0.25) is 10.0 Å². The van der Waals surface area contributed by atoms with Gasteiger partial charge in [-0.05, 0) is 61.4 Å². The smallest absolute Gasteiger partial charge is 0.336 e. The van der Waals surface area contributed by atoms with E-state index in [0.717, 1.165) is 21.3 Å². The third kappa shape index (κ3) is 5.88. The number of anilines is 1. The monoisotopic (exact) mass is 537 g/mol. The van der Waals surface area contributed by atoms with Gasteiger partial charge in [-0.3, -0.25) is 0 Å². The number of rotatable bonds is 9. The highest BCUT2D eigenvalue weighted by atomic mass is 79.9. The van der Waals surface area contributed by atoms with Crippen molar-refractivity contribution in [3.05, 3.63) is 85.3 Å². The number of carboxylic acid groups (broad SMARTS) is 1. The summed E-state index contributed by atoms with van der Waals surface area (Å²) in [4.78, 5) is 11.4. The van der Waals surface area contributed by atoms with Gasteiger partial charge in [0.1, 0.15) is 6.61 Å². The van der Waals surface area contributed by atoms with Gasteiger partial charge >= 0.3 is 5.97 Å². The number of nitrogens with one attached hydrogen (secondary N) is 1. The lowest BCUT2D eigenvalue weighted by Crippen LogP contribution is -2.07. The molecule has 5 nitrogen and oxygen atoms in total. The fourth-order valence-electron chi connectivity index (χ4n) is 3.14. The second-order valence-corrected chi connectivity index (χ2v) is 8.68. The Morgan fingerprint density at radius 1 is 1.06 bits per heavy atom. The van der Waals surface area contributed by atoms with E-state index < -0.39 is 5.97 Å². The number of aromatic carboxylic acids is 1. The molecule has 0 spiro atoms. The molecular formula is C24H22BrCl2NO4. The lowest BCUT2D eigenvalue weighted by molar-refractivity contribution is 0.0696. The van der Waals surface area contributed by atoms with Crippen LogP contribution in [0.25, 0.3) is 0 Å². The fourth-order valence-corrected chi connectivity index (χ4v) is 4.06. The quantitative estimate of drug-likeness (QED) is 0.298. The second-order valence-electron chi connectivity index (χ2n) is 6.98. The van der Waals surface area contributed by atoms with Crippen LogP contribution in [0, 0.1) is 6.92 Å². The normalized spacial score (nSPS) is 10.7. The van der Waals surface area contributed by atoms with Crippen molar-refractivity contribution in [2.45, 2.75) is 27.0 Å². The molecule has 0 aliphatic rings. The number of benzene rings is 3. The highest BCUT2D eigenvalue weighted by Gasteiger charge is 2.14. The van der Waals surface area contributed by atoms with E-state index in [9.17, 15) is 9.90 Å². The predicted octanol–water partition coefficient (Wildman–Crippen LogP) is 7.35. The topological polar surface area (TPSA) is 67.8 Å². The lowest BCUT2D eigenvalue weighted by Gasteiger charge is -2.17. The molecule has 32 heavy (non-hydrogen) atoms. The molecule has 0 saturated carbocycles. The van der Waals surface area contributed by atoms with Crippen molar-refractivity contribution in [2.75, 3.05) is 11.9 Å². The molecule has 3 aromatic carbocycles. The first kappa shape index (κ1) is 24.2. The summed E-state index contributed by atoms with van der Waals surface area (Å²) in [7, 11) is 0. The third-order valence-electron chi connectivity index (χ3n) is 4.84. The van der Waals surface area contributed by atoms with Crippen LogP contribution in [0.1, 0.15) is 34.0 Å². The number of halogens is 3. The Balaban J connectivity index is 1.79. The van der Waals surface area contributed by atoms with Crippen molar-refractivity contribution in [3.63, 3.8) is 0 Å². The van der Waals surface area contributed by atoms with Crippen molar-refractivity contribution in [3.8, 4) is 11.5 Å². The minimum absolute atomic E-state index is 0.265. The maximum absolute atomic E-state index is 11.4. The average Bonchev–Trinajstić information content (AvgIpc) is 2.74. The Hall–Kier alpha value is -2.41. The van der Waals surface area contributed by atoms with Crippen molar-refractivity contribution in [2.24, 2.45) is 0 Å². The largest absolute Gasteiger partial charge is 0.490 e. The van der Waals surface area contributed by atoms with Crippen molar-refractivity contribution < 1.29 is 19.4 Å². The lowest BCUT2D eigenvalue weighted by atomic mass is 10.1. The molecule has 0 fully saturated rings. The maximum Gasteiger partial charge on any atom is 0.336 e. The first-order chi connectivity index (χ1) is 15.3. The maximum atomic E-state index is 11.4. The van der Waals surface area contributed by atoms with Gasteiger partial charge in [0.15, 0.2) is 11.5 Å². The van der Waals surface area contributed by atoms with E-state index in [4.69, 9.17) is 32.7 Å². The standard InChI is InChI=1S/C24H22BrCl2NO4/c1-3-31-22-9-16(12-28-21-6-4-5-18(14(21)2)24(29)30)19(25)11-23(22)32-13-15-7-8-17(26)10-20(15)27/h4-11,28H,3,12-13H2,1-2H3,(H,29,30). The van der Waals surface area contributed by atoms with Crippen LogP contribution in [-0.4, -0.2) is 17.7 Å². The summed E-state index contributed by atoms with van der Waals surface area (Å²) in [5, 5.41) is 13.7. The zero-order valence-corrected chi connectivity index (χ0v) is 20.6. The molecule has 0 amide bonds. The van der Waals surface area contributed by atoms with E-state index in [1.807, 2.05) is 31.2 Å². The number of ether oxygens (including phenoxy) is 2. The van der Waals surface area contributed by atoms with Gasteiger partial charge in [0, 0.05) is 32.3 Å². The Bertz CT molecular complexity index is 1140. The van der Waals surface area contributed by atoms with Crippen LogP contribution < -0.4 is 14.8 Å². The predicted molar refractivity (Wildman–Crippen MR) is 132 cm³/mol. The summed E-state index contributed by atoms with van der Waals surface area (Å²) in [5.41, 5.74) is 3.46. The molecule has 0 aliphatic heterocycles. The number of hydrogen-bond acceptors (Lipinski definition) is 4. The Labute approximate surface area is 205 Å². The summed E-state index contributed by atoms with van der Waals surface area (Å²) < 4.78 is 12.6. The number of carbonyl (C=O) groups is 1. The molecular weight excluding hydrogens is 517 g/mol. The van der Waals surface area contributed by atoms with E-state index in [1.165, 1.54) is 0 Å². The molecule has 168 valence electrons. The van der Waals surface area contributed by atoms with Crippen LogP contribution in [-0.2, 0) is 13.2 Å². The minimum Gasteiger partial charge on any atom is -0.490 e. The molecule has 8 heteroatoms. The highest BCUT2D eigenvalue weighted by Crippen LogP contribution is 2.35. The van der Waals surface area contributed by atoms with E-state index in [0.29, 0.717) is 40.3 Å². The van der Waals surface area contributed by atoms with Crippen LogP contribution in [0.15, 0.2) is 53.0 Å². The van der Waals surface area contributed by atoms with E-state index in [1.54, 1.807) is 31.2 Å². The zero-order chi connectivity index (χ0) is 23.3. The van der Waals surface area contributed by atoms with Gasteiger partial charge in [0.2, 0.25) is 0 Å². The van der Waals surface area contributed by atoms with Gasteiger partial charge in [-0.25, -0.2) is 4.79 Å². The second kappa shape index (κ2) is 10.9. The molecule has 0 aromatic heterocycles. The minimum atomic E-state index is -0.951. The van der Waals surface area contributed by atoms with E-state index in [-0.39, 0.29) is 12.2 Å². The van der Waals surface area contributed by atoms with Crippen LogP contribution >= 0.6 is 39.1 Å². The fraction of sp³-hybridized carbons (Fsp3) is 0.208. The van der Waals surface area contributed by atoms with E-state index >= 15 is 0 Å². The van der Waals surface area contributed by atoms with Crippen LogP contribution in [0.4, 0.5) is 5.69 Å². The van der Waals surface area contributed by atoms with Gasteiger partial charge in [0.05, 0.1) is 12.2 Å². The molecule has 2 N–H and O–H groups in total. The number of carboxylic acids is 1. The first-order valence-electron chi connectivity index (χ1n) is 9.88. The SMILES string of the molecule is CCOc1cc(CNc2cccc(C(=O)O)c2C)c(Br)cc1OCc1ccc(Cl)cc1Cl. The summed E-state index contributed by atoms with van der Waals surface area (Å²) in [6.07, 6.45) is 0. The van der Waals surface area contributed by atoms with E-state index in [2.05, 4.69) is 21.2 Å². The van der Waals surface area contributed by atoms with Crippen LogP contribution in [0.5, 0.6) is 11.5 Å². The molecule has 0 saturated heterocycles. The first-order valence-corrected chi connectivity index (χ1v) is 11.4. The third-order valence-corrected chi connectivity index (χ3v) is 6.17. The molecule has 3 aromatic rings. The molecule has 0 unspecified atom stereocenters. The number of hydrogen-bond donors (Lipinski definition) is 2. The summed E-state index contributed by atoms with van der Waals surface area (Å²) in [5.74, 6) is 0.236. The molecule has 0 aliphatic carbocycles. The summed E-state index contributed by atoms with van der Waals surface area (Å²) >= 11 is 15.8. The Morgan fingerprint density at radius 3 is 2.50 bits per heavy atom. The highest BCUT2D eigenvalue weighted by molar-refractivity contribution is 9.10. The molecule has 0 bridgehead atoms. The molecule has 0 radical (unpaired) electrons. The molecule has 0 atom stereocenters. The Morgan fingerprint density at radius 2 is 1.81 bits per heavy atom. The van der Waals surface area contributed by atoms with Crippen molar-refractivity contribution in [1.82, 2.24) is 0 Å². The molecule has 3 rings (SSSR count). The summed E-state index contributed by atoms with van der Waals surface area (Å²) in [6.45, 7) is 4.90. The zero-order valence-electron chi connectivity index (χ0n) is 17.5. The van der Waals surface area contributed by atoms with Crippen LogP contribution in [0.3, 0.4) is 0 Å². The van der Waals surface area contributed by atoms with Gasteiger partial charge in [-0.15, -0.1) is 0 Å². The van der Waals surface area contributed by atoms with Crippen molar-refractivity contribution >= 4 is 50.8 Å². The molecule has 0 heterocycles. The van der Waals surface area contributed by atoms with Gasteiger partial charge < -0.3 is 19.9 Å². The van der Waals surface area contributed by atoms with Gasteiger partial charge in [-0.1, -0.05) is 51.3 Å². The Kier molecular flexibility index (Phi) is 8.29. The van der Waals surface area contributed by atoms with Gasteiger partial charge in [-0.2, -0.15) is 0 Å². The summed E-state index contributed by atoms with van der Waals surface area (Å²) in [6, 6.07) is 14.2.